The van der Waals surface area contributed by atoms with Crippen molar-refractivity contribution in [3.8, 4) is 5.75 Å². The molecule has 17 heteroatoms. The predicted molar refractivity (Wildman–Crippen MR) is 309 cm³/mol. The van der Waals surface area contributed by atoms with Crippen LogP contribution in [0.2, 0.25) is 0 Å². The van der Waals surface area contributed by atoms with Gasteiger partial charge in [-0.3, -0.25) is 19.4 Å². The lowest BCUT2D eigenvalue weighted by atomic mass is 9.46. The zero-order chi connectivity index (χ0) is 57.4. The molecule has 6 aliphatic rings. The molecule has 4 saturated carbocycles. The third-order valence-electron chi connectivity index (χ3n) is 19.9. The van der Waals surface area contributed by atoms with E-state index in [-0.39, 0.29) is 59.0 Å². The van der Waals surface area contributed by atoms with Crippen molar-refractivity contribution in [3.05, 3.63) is 124 Å². The van der Waals surface area contributed by atoms with Gasteiger partial charge < -0.3 is 55.9 Å². The highest BCUT2D eigenvalue weighted by Crippen LogP contribution is 2.70. The van der Waals surface area contributed by atoms with Crippen molar-refractivity contribution in [2.45, 2.75) is 174 Å². The Bertz CT molecular complexity index is 2740. The SMILES string of the molecule is CC[N+](CC)(Cc1ccc(C(=O)OCC(=O)[C@@]23O[C@H](C4CCCCC4)O[C@@H]2C[C@H]2[C@@H]4CCC5=CC(=O)C=C[C@]5(C)[C@H]4[C@@H](O)C[C@@]23C)cc1)Cc1cc(C(O)CNCCCCCCOCCCCc2ccccc2)ccc1OP(=O)(O)O.[Cl-]. The number of nitrogens with one attached hydrogen (secondary N) is 1. The number of quaternary nitrogens is 1. The normalized spacial score (nSPS) is 28.2. The summed E-state index contributed by atoms with van der Waals surface area (Å²) in [5, 5.41) is 27.0. The minimum atomic E-state index is -4.92. The number of hydrogen-bond acceptors (Lipinski definition) is 12. The van der Waals surface area contributed by atoms with Crippen molar-refractivity contribution in [3.63, 3.8) is 0 Å². The van der Waals surface area contributed by atoms with E-state index >= 15 is 4.79 Å². The van der Waals surface area contributed by atoms with Crippen molar-refractivity contribution in [1.29, 1.82) is 0 Å². The maximum Gasteiger partial charge on any atom is 0.524 e. The fourth-order valence-electron chi connectivity index (χ4n) is 15.3. The van der Waals surface area contributed by atoms with Gasteiger partial charge in [0.25, 0.3) is 0 Å². The second-order valence-corrected chi connectivity index (χ2v) is 26.0. The molecule has 1 saturated heterocycles. The number of allylic oxidation sites excluding steroid dienone is 4. The van der Waals surface area contributed by atoms with Gasteiger partial charge in [0, 0.05) is 53.6 Å². The number of Topliss-reactive ketones (excluding diaryl/α,β-unsaturated/α-hetero) is 1. The van der Waals surface area contributed by atoms with Crippen LogP contribution in [0, 0.1) is 34.5 Å². The van der Waals surface area contributed by atoms with Crippen molar-refractivity contribution >= 4 is 25.4 Å². The maximum absolute atomic E-state index is 15.1. The van der Waals surface area contributed by atoms with Gasteiger partial charge in [0.1, 0.15) is 18.8 Å². The molecule has 15 nitrogen and oxygen atoms in total. The Morgan fingerprint density at radius 2 is 1.60 bits per heavy atom. The summed E-state index contributed by atoms with van der Waals surface area (Å²) in [5.74, 6) is -0.900. The molecule has 0 bridgehead atoms. The number of carbonyl (C=O) groups is 3. The number of phosphoric ester groups is 1. The van der Waals surface area contributed by atoms with Crippen LogP contribution in [0.4, 0.5) is 0 Å². The van der Waals surface area contributed by atoms with Gasteiger partial charge >= 0.3 is 13.8 Å². The van der Waals surface area contributed by atoms with Crippen LogP contribution >= 0.6 is 7.82 Å². The molecule has 3 aromatic rings. The summed E-state index contributed by atoms with van der Waals surface area (Å²) in [6.07, 6.45) is 17.6. The molecule has 0 radical (unpaired) electrons. The first-order chi connectivity index (χ1) is 38.9. The first-order valence-corrected chi connectivity index (χ1v) is 31.9. The van der Waals surface area contributed by atoms with Crippen molar-refractivity contribution in [2.24, 2.45) is 34.5 Å². The van der Waals surface area contributed by atoms with Crippen LogP contribution in [0.5, 0.6) is 5.75 Å². The topological polar surface area (TPSA) is 207 Å². The second-order valence-electron chi connectivity index (χ2n) is 24.8. The van der Waals surface area contributed by atoms with E-state index < -0.39 is 61.4 Å². The molecular formula is C65H90ClN2O13P. The smallest absolute Gasteiger partial charge is 0.524 e. The highest BCUT2D eigenvalue weighted by atomic mass is 35.5. The Morgan fingerprint density at radius 1 is 0.878 bits per heavy atom. The van der Waals surface area contributed by atoms with Crippen LogP contribution < -0.4 is 22.2 Å². The molecule has 5 aliphatic carbocycles. The van der Waals surface area contributed by atoms with Crippen LogP contribution in [0.15, 0.2) is 96.6 Å². The van der Waals surface area contributed by atoms with E-state index in [1.54, 1.807) is 36.4 Å². The Hall–Kier alpha value is -4.09. The van der Waals surface area contributed by atoms with Crippen molar-refractivity contribution in [1.82, 2.24) is 5.32 Å². The number of halogens is 1. The summed E-state index contributed by atoms with van der Waals surface area (Å²) >= 11 is 0. The number of ether oxygens (including phenoxy) is 4. The van der Waals surface area contributed by atoms with Crippen molar-refractivity contribution < 1.29 is 79.3 Å². The lowest BCUT2D eigenvalue weighted by molar-refractivity contribution is -0.950. The van der Waals surface area contributed by atoms with E-state index in [1.807, 2.05) is 24.3 Å². The molecule has 82 heavy (non-hydrogen) atoms. The number of aliphatic hydroxyl groups excluding tert-OH is 2. The van der Waals surface area contributed by atoms with Gasteiger partial charge in [-0.25, -0.2) is 9.36 Å². The number of fused-ring (bicyclic) bond motifs is 7. The van der Waals surface area contributed by atoms with Gasteiger partial charge in [-0.15, -0.1) is 0 Å². The Balaban J connectivity index is 0.00000880. The fourth-order valence-corrected chi connectivity index (χ4v) is 15.8. The molecule has 1 heterocycles. The van der Waals surface area contributed by atoms with Crippen LogP contribution in [0.3, 0.4) is 0 Å². The van der Waals surface area contributed by atoms with Crippen LogP contribution in [0.25, 0.3) is 0 Å². The number of ketones is 2. The Kier molecular flexibility index (Phi) is 21.8. The minimum Gasteiger partial charge on any atom is -1.00 e. The molecule has 9 rings (SSSR count). The predicted octanol–water partition coefficient (Wildman–Crippen LogP) is 7.62. The van der Waals surface area contributed by atoms with E-state index in [0.29, 0.717) is 61.2 Å². The molecular weight excluding hydrogens is 1080 g/mol. The molecule has 0 spiro atoms. The molecule has 0 aromatic heterocycles. The monoisotopic (exact) mass is 1170 g/mol. The Morgan fingerprint density at radius 3 is 2.32 bits per heavy atom. The lowest BCUT2D eigenvalue weighted by Crippen LogP contribution is -3.00. The first-order valence-electron chi connectivity index (χ1n) is 30.4. The molecule has 1 aliphatic heterocycles. The van der Waals surface area contributed by atoms with Gasteiger partial charge in [0.2, 0.25) is 5.78 Å². The molecule has 0 amide bonds. The first kappa shape index (κ1) is 63.9. The van der Waals surface area contributed by atoms with Gasteiger partial charge in [-0.05, 0) is 150 Å². The quantitative estimate of drug-likeness (QED) is 0.0205. The third-order valence-corrected chi connectivity index (χ3v) is 20.3. The second kappa shape index (κ2) is 28.0. The van der Waals surface area contributed by atoms with E-state index in [4.69, 9.17) is 23.5 Å². The Labute approximate surface area is 492 Å². The largest absolute Gasteiger partial charge is 1.00 e. The van der Waals surface area contributed by atoms with Gasteiger partial charge in [-0.2, -0.15) is 0 Å². The van der Waals surface area contributed by atoms with Gasteiger partial charge in [0.15, 0.2) is 24.3 Å². The number of aryl methyl sites for hydroxylation is 1. The highest BCUT2D eigenvalue weighted by molar-refractivity contribution is 7.46. The highest BCUT2D eigenvalue weighted by Gasteiger charge is 2.76. The number of unbranched alkanes of at least 4 members (excludes halogenated alkanes) is 4. The third kappa shape index (κ3) is 14.2. The average molecular weight is 1170 g/mol. The summed E-state index contributed by atoms with van der Waals surface area (Å²) < 4.78 is 43.6. The number of rotatable bonds is 28. The molecule has 5 fully saturated rings. The van der Waals surface area contributed by atoms with E-state index in [0.717, 1.165) is 121 Å². The van der Waals surface area contributed by atoms with E-state index in [9.17, 15) is 34.2 Å². The van der Waals surface area contributed by atoms with Gasteiger partial charge in [0.05, 0.1) is 37.0 Å². The lowest BCUT2D eigenvalue weighted by Gasteiger charge is -2.59. The number of carbonyl (C=O) groups excluding carboxylic acids is 3. The number of hydrogen-bond donors (Lipinski definition) is 5. The molecule has 1 unspecified atom stereocenters. The van der Waals surface area contributed by atoms with Crippen LogP contribution in [-0.4, -0.2) is 112 Å². The van der Waals surface area contributed by atoms with Crippen LogP contribution in [-0.2, 0) is 52.6 Å². The maximum atomic E-state index is 15.1. The zero-order valence-electron chi connectivity index (χ0n) is 48.7. The summed E-state index contributed by atoms with van der Waals surface area (Å²) in [5.41, 5.74) is 2.07. The summed E-state index contributed by atoms with van der Waals surface area (Å²) in [6, 6.07) is 22.6. The number of nitrogens with zero attached hydrogens (tertiary/aromatic N) is 1. The molecule has 450 valence electrons. The molecule has 10 atom stereocenters. The average Bonchev–Trinajstić information content (AvgIpc) is 1.54. The van der Waals surface area contributed by atoms with E-state index in [2.05, 4.69) is 57.3 Å². The summed E-state index contributed by atoms with van der Waals surface area (Å²) in [4.78, 5) is 61.3. The summed E-state index contributed by atoms with van der Waals surface area (Å²) in [7, 11) is -4.92. The number of phosphoric acid groups is 1. The number of benzene rings is 3. The van der Waals surface area contributed by atoms with Crippen LogP contribution in [0.1, 0.15) is 163 Å². The standard InChI is InChI=1S/C65H89N2O13P.ClH/c1-5-67(6-2,43-50-37-49(28-31-57(50)80-81(73,74)75)56(70)41-66-34-16-7-8-17-35-76-36-18-15-21-45-19-11-9-12-20-45)42-46-24-26-47(27-25-46)61(72)77-44-58(71)65-59(78-62(79-65)48-22-13-10-14-23-48)39-54-53-30-29-51-38-52(68)32-33-63(51,3)60(53)55(69)40-64(54,65)4;/h9,11-12,19-20,24-28,31-33,37-38,48,53-56,59-60,62,66,69-70H,5-8,10,13-18,21-23,29-30,34-36,39-44H2,1-4H3,(H-,73,74,75);1H/t53-,54-,55-,56?,59+,60+,62+,63-,64-,65+;/m0./s1. The molecule has 3 aromatic carbocycles. The van der Waals surface area contributed by atoms with Crippen molar-refractivity contribution in [2.75, 3.05) is 46.0 Å². The number of esters is 1. The van der Waals surface area contributed by atoms with E-state index in [1.165, 1.54) is 11.6 Å². The fraction of sp³-hybridized carbons (Fsp3) is 0.615. The molecule has 5 N–H and O–H groups in total. The summed E-state index contributed by atoms with van der Waals surface area (Å²) in [6.45, 7) is 12.6. The van der Waals surface area contributed by atoms with Gasteiger partial charge in [-0.1, -0.05) is 106 Å². The minimum absolute atomic E-state index is 0. The number of aliphatic hydroxyl groups is 2. The zero-order valence-corrected chi connectivity index (χ0v) is 50.3.